The third-order valence-corrected chi connectivity index (χ3v) is 3.81. The molecule has 0 amide bonds. The third kappa shape index (κ3) is 4.08. The van der Waals surface area contributed by atoms with Crippen LogP contribution in [0.3, 0.4) is 0 Å². The molecule has 0 bridgehead atoms. The molecule has 18 heavy (non-hydrogen) atoms. The first-order valence-electron chi connectivity index (χ1n) is 6.31. The minimum Gasteiger partial charge on any atom is -0.755 e. The Labute approximate surface area is 111 Å². The maximum atomic E-state index is 10.7. The highest BCUT2D eigenvalue weighted by molar-refractivity contribution is 7.80. The molecule has 0 heterocycles. The van der Waals surface area contributed by atoms with E-state index in [4.69, 9.17) is 0 Å². The fourth-order valence-electron chi connectivity index (χ4n) is 2.13. The lowest BCUT2D eigenvalue weighted by Crippen LogP contribution is -2.22. The van der Waals surface area contributed by atoms with Gasteiger partial charge in [0.2, 0.25) is 0 Å². The molecule has 1 aromatic carbocycles. The highest BCUT2D eigenvalue weighted by Gasteiger charge is 2.27. The highest BCUT2D eigenvalue weighted by atomic mass is 32.2. The van der Waals surface area contributed by atoms with Gasteiger partial charge in [-0.3, -0.25) is 4.21 Å². The Balaban J connectivity index is 1.85. The van der Waals surface area contributed by atoms with Gasteiger partial charge in [0.05, 0.1) is 0 Å². The third-order valence-electron chi connectivity index (χ3n) is 3.42. The van der Waals surface area contributed by atoms with E-state index in [0.717, 1.165) is 18.0 Å². The van der Waals surface area contributed by atoms with Gasteiger partial charge in [-0.1, -0.05) is 25.1 Å². The molecule has 1 aromatic rings. The largest absolute Gasteiger partial charge is 0.755 e. The van der Waals surface area contributed by atoms with Crippen molar-refractivity contribution in [3.63, 3.8) is 0 Å². The van der Waals surface area contributed by atoms with Crippen LogP contribution >= 0.6 is 0 Å². The van der Waals surface area contributed by atoms with Crippen LogP contribution in [-0.2, 0) is 17.8 Å². The van der Waals surface area contributed by atoms with Crippen LogP contribution in [-0.4, -0.2) is 15.3 Å². The molecular formula is C13H19N2O2S-. The van der Waals surface area contributed by atoms with Crippen molar-refractivity contribution in [1.82, 2.24) is 5.32 Å². The Morgan fingerprint density at radius 1 is 1.44 bits per heavy atom. The predicted molar refractivity (Wildman–Crippen MR) is 72.6 cm³/mol. The second-order valence-electron chi connectivity index (χ2n) is 4.94. The van der Waals surface area contributed by atoms with Gasteiger partial charge in [0.1, 0.15) is 0 Å². The average molecular weight is 267 g/mol. The summed E-state index contributed by atoms with van der Waals surface area (Å²) in [7, 11) is 0. The molecule has 0 aromatic heterocycles. The normalized spacial score (nSPS) is 18.3. The van der Waals surface area contributed by atoms with Gasteiger partial charge in [0.25, 0.3) is 0 Å². The van der Waals surface area contributed by atoms with Crippen LogP contribution in [0, 0.1) is 11.8 Å². The van der Waals surface area contributed by atoms with Crippen LogP contribution in [0.2, 0.25) is 0 Å². The molecule has 4 nitrogen and oxygen atoms in total. The molecule has 5 heteroatoms. The minimum atomic E-state index is -2.27. The summed E-state index contributed by atoms with van der Waals surface area (Å²) in [4.78, 5) is 0. The highest BCUT2D eigenvalue weighted by Crippen LogP contribution is 2.36. The summed E-state index contributed by atoms with van der Waals surface area (Å²) < 4.78 is 23.8. The molecule has 2 N–H and O–H groups in total. The Bertz CT molecular complexity index is 421. The summed E-state index contributed by atoms with van der Waals surface area (Å²) in [6.07, 6.45) is 2.71. The Hall–Kier alpha value is -0.910. The average Bonchev–Trinajstić information content (AvgIpc) is 3.14. The number of hydrogen-bond donors (Lipinski definition) is 2. The summed E-state index contributed by atoms with van der Waals surface area (Å²) in [5.41, 5.74) is 1.63. The van der Waals surface area contributed by atoms with Crippen LogP contribution < -0.4 is 10.0 Å². The van der Waals surface area contributed by atoms with Gasteiger partial charge >= 0.3 is 0 Å². The molecule has 0 aliphatic heterocycles. The molecule has 2 atom stereocenters. The van der Waals surface area contributed by atoms with E-state index in [1.165, 1.54) is 12.8 Å². The first-order chi connectivity index (χ1) is 8.66. The van der Waals surface area contributed by atoms with E-state index in [1.54, 1.807) is 6.07 Å². The lowest BCUT2D eigenvalue weighted by molar-refractivity contribution is 0.462. The second kappa shape index (κ2) is 6.31. The smallest absolute Gasteiger partial charge is 0.0497 e. The van der Waals surface area contributed by atoms with Crippen molar-refractivity contribution in [2.24, 2.45) is 11.8 Å². The van der Waals surface area contributed by atoms with Gasteiger partial charge in [-0.15, -0.1) is 0 Å². The Kier molecular flexibility index (Phi) is 4.74. The number of nitrogens with one attached hydrogen (secondary N) is 2. The molecular weight excluding hydrogens is 248 g/mol. The standard InChI is InChI=1S/C13H20N2O2S/c1-10(11-6-7-11)8-14-9-12-4-2-3-5-13(12)15-18(16)17/h2-5,10-11,14-15H,6-9H2,1H3,(H,16,17)/p-1. The summed E-state index contributed by atoms with van der Waals surface area (Å²) >= 11 is -2.27. The van der Waals surface area contributed by atoms with Crippen molar-refractivity contribution in [3.05, 3.63) is 29.8 Å². The Morgan fingerprint density at radius 3 is 2.83 bits per heavy atom. The topological polar surface area (TPSA) is 64.2 Å². The number of rotatable bonds is 7. The zero-order chi connectivity index (χ0) is 13.0. The van der Waals surface area contributed by atoms with Gasteiger partial charge in [0.15, 0.2) is 0 Å². The van der Waals surface area contributed by atoms with Gasteiger partial charge < -0.3 is 14.6 Å². The fraction of sp³-hybridized carbons (Fsp3) is 0.538. The van der Waals surface area contributed by atoms with Crippen molar-refractivity contribution >= 4 is 17.0 Å². The van der Waals surface area contributed by atoms with E-state index in [9.17, 15) is 8.76 Å². The van der Waals surface area contributed by atoms with Crippen molar-refractivity contribution in [1.29, 1.82) is 0 Å². The van der Waals surface area contributed by atoms with E-state index >= 15 is 0 Å². The zero-order valence-corrected chi connectivity index (χ0v) is 11.3. The maximum absolute atomic E-state index is 10.7. The van der Waals surface area contributed by atoms with Gasteiger partial charge in [-0.05, 0) is 42.9 Å². The molecule has 1 aliphatic rings. The first-order valence-corrected chi connectivity index (χ1v) is 7.39. The summed E-state index contributed by atoms with van der Waals surface area (Å²) in [5.74, 6) is 1.60. The quantitative estimate of drug-likeness (QED) is 0.743. The van der Waals surface area contributed by atoms with Crippen molar-refractivity contribution in [2.45, 2.75) is 26.3 Å². The zero-order valence-electron chi connectivity index (χ0n) is 10.5. The molecule has 1 fully saturated rings. The number of hydrogen-bond acceptors (Lipinski definition) is 3. The molecule has 2 unspecified atom stereocenters. The fourth-order valence-corrected chi connectivity index (χ4v) is 2.51. The van der Waals surface area contributed by atoms with E-state index in [1.807, 2.05) is 18.2 Å². The summed E-state index contributed by atoms with van der Waals surface area (Å²) in [5, 5.41) is 3.40. The predicted octanol–water partition coefficient (Wildman–Crippen LogP) is 2.03. The van der Waals surface area contributed by atoms with E-state index in [-0.39, 0.29) is 0 Å². The van der Waals surface area contributed by atoms with E-state index in [0.29, 0.717) is 18.2 Å². The Morgan fingerprint density at radius 2 is 2.17 bits per heavy atom. The molecule has 0 spiro atoms. The lowest BCUT2D eigenvalue weighted by atomic mass is 10.1. The van der Waals surface area contributed by atoms with Crippen LogP contribution in [0.4, 0.5) is 5.69 Å². The van der Waals surface area contributed by atoms with Crippen LogP contribution in [0.1, 0.15) is 25.3 Å². The molecule has 100 valence electrons. The SMILES string of the molecule is CC(CNCc1ccccc1NS(=O)[O-])C1CC1. The minimum absolute atomic E-state index is 0.650. The van der Waals surface area contributed by atoms with Crippen molar-refractivity contribution in [3.8, 4) is 0 Å². The second-order valence-corrected chi connectivity index (χ2v) is 5.61. The van der Waals surface area contributed by atoms with E-state index < -0.39 is 11.3 Å². The molecule has 1 saturated carbocycles. The van der Waals surface area contributed by atoms with Gasteiger partial charge in [-0.25, -0.2) is 0 Å². The monoisotopic (exact) mass is 267 g/mol. The van der Waals surface area contributed by atoms with Gasteiger partial charge in [0, 0.05) is 23.5 Å². The molecule has 1 aliphatic carbocycles. The molecule has 0 radical (unpaired) electrons. The van der Waals surface area contributed by atoms with Crippen LogP contribution in [0.5, 0.6) is 0 Å². The lowest BCUT2D eigenvalue weighted by Gasteiger charge is -2.15. The summed E-state index contributed by atoms with van der Waals surface area (Å²) in [6, 6.07) is 7.45. The number of para-hydroxylation sites is 1. The molecule has 2 rings (SSSR count). The van der Waals surface area contributed by atoms with Gasteiger partial charge in [-0.2, -0.15) is 0 Å². The van der Waals surface area contributed by atoms with Crippen LogP contribution in [0.15, 0.2) is 24.3 Å². The first kappa shape index (κ1) is 13.5. The van der Waals surface area contributed by atoms with Crippen LogP contribution in [0.25, 0.3) is 0 Å². The maximum Gasteiger partial charge on any atom is 0.0497 e. The molecule has 0 saturated heterocycles. The van der Waals surface area contributed by atoms with Crippen molar-refractivity contribution < 1.29 is 8.76 Å². The summed E-state index contributed by atoms with van der Waals surface area (Å²) in [6.45, 7) is 3.94. The number of anilines is 1. The van der Waals surface area contributed by atoms with Crippen molar-refractivity contribution in [2.75, 3.05) is 11.3 Å². The van der Waals surface area contributed by atoms with E-state index in [2.05, 4.69) is 17.0 Å². The number of benzene rings is 1.